The fraction of sp³-hybridized carbons (Fsp3) is 0.278. The van der Waals surface area contributed by atoms with Crippen LogP contribution in [0.1, 0.15) is 0 Å². The lowest BCUT2D eigenvalue weighted by Crippen LogP contribution is -2.35. The van der Waals surface area contributed by atoms with Gasteiger partial charge in [0.15, 0.2) is 17.2 Å². The van der Waals surface area contributed by atoms with Gasteiger partial charge in [0.25, 0.3) is 0 Å². The molecule has 3 heterocycles. The summed E-state index contributed by atoms with van der Waals surface area (Å²) in [6.07, 6.45) is 3.23. The van der Waals surface area contributed by atoms with Gasteiger partial charge in [-0.15, -0.1) is 0 Å². The van der Waals surface area contributed by atoms with Crippen molar-refractivity contribution < 1.29 is 14.2 Å². The maximum atomic E-state index is 5.94. The third-order valence-electron chi connectivity index (χ3n) is 4.09. The summed E-state index contributed by atoms with van der Waals surface area (Å²) in [7, 11) is 3.45. The zero-order valence-electron chi connectivity index (χ0n) is 14.5. The van der Waals surface area contributed by atoms with E-state index < -0.39 is 0 Å². The van der Waals surface area contributed by atoms with Crippen molar-refractivity contribution in [3.63, 3.8) is 0 Å². The van der Waals surface area contributed by atoms with Gasteiger partial charge in [0.2, 0.25) is 5.95 Å². The molecule has 8 heteroatoms. The van der Waals surface area contributed by atoms with Crippen LogP contribution < -0.4 is 19.5 Å². The Balaban J connectivity index is 1.48. The molecule has 2 aromatic heterocycles. The van der Waals surface area contributed by atoms with Gasteiger partial charge >= 0.3 is 0 Å². The minimum Gasteiger partial charge on any atom is -0.493 e. The number of ether oxygens (including phenoxy) is 3. The molecule has 4 rings (SSSR count). The van der Waals surface area contributed by atoms with Crippen LogP contribution in [0.5, 0.6) is 17.2 Å². The molecule has 1 aliphatic heterocycles. The highest BCUT2D eigenvalue weighted by molar-refractivity contribution is 5.63. The van der Waals surface area contributed by atoms with Gasteiger partial charge in [0.05, 0.1) is 25.5 Å². The van der Waals surface area contributed by atoms with Crippen molar-refractivity contribution in [2.45, 2.75) is 6.10 Å². The van der Waals surface area contributed by atoms with Crippen LogP contribution in [-0.2, 0) is 7.05 Å². The molecule has 0 amide bonds. The van der Waals surface area contributed by atoms with Gasteiger partial charge in [0.1, 0.15) is 18.4 Å². The van der Waals surface area contributed by atoms with Crippen molar-refractivity contribution in [3.05, 3.63) is 42.7 Å². The summed E-state index contributed by atoms with van der Waals surface area (Å²) in [5.41, 5.74) is 1.52. The summed E-state index contributed by atoms with van der Waals surface area (Å²) in [5.74, 6) is 2.59. The number of hydrogen-bond acceptors (Lipinski definition) is 7. The van der Waals surface area contributed by atoms with Crippen molar-refractivity contribution in [2.24, 2.45) is 7.05 Å². The Morgan fingerprint density at radius 2 is 2.12 bits per heavy atom. The third kappa shape index (κ3) is 3.13. The predicted molar refractivity (Wildman–Crippen MR) is 95.6 cm³/mol. The maximum absolute atomic E-state index is 5.94. The highest BCUT2D eigenvalue weighted by Gasteiger charge is 2.21. The van der Waals surface area contributed by atoms with E-state index in [9.17, 15) is 0 Å². The number of rotatable bonds is 5. The van der Waals surface area contributed by atoms with Gasteiger partial charge in [-0.25, -0.2) is 9.97 Å². The van der Waals surface area contributed by atoms with Crippen molar-refractivity contribution in [1.29, 1.82) is 0 Å². The molecule has 1 atom stereocenters. The molecule has 0 radical (unpaired) electrons. The smallest absolute Gasteiger partial charge is 0.223 e. The Morgan fingerprint density at radius 1 is 1.27 bits per heavy atom. The molecule has 1 N–H and O–H groups in total. The first-order valence-corrected chi connectivity index (χ1v) is 8.26. The van der Waals surface area contributed by atoms with Crippen LogP contribution in [0, 0.1) is 0 Å². The maximum Gasteiger partial charge on any atom is 0.223 e. The third-order valence-corrected chi connectivity index (χ3v) is 4.09. The monoisotopic (exact) mass is 353 g/mol. The Bertz CT molecular complexity index is 911. The van der Waals surface area contributed by atoms with E-state index in [1.165, 1.54) is 0 Å². The summed E-state index contributed by atoms with van der Waals surface area (Å²) in [5, 5.41) is 7.39. The number of aromatic nitrogens is 4. The second kappa shape index (κ2) is 6.91. The topological polar surface area (TPSA) is 83.3 Å². The van der Waals surface area contributed by atoms with E-state index >= 15 is 0 Å². The Kier molecular flexibility index (Phi) is 4.30. The molecular weight excluding hydrogens is 334 g/mol. The normalized spacial score (nSPS) is 15.5. The van der Waals surface area contributed by atoms with Crippen LogP contribution in [0.4, 0.5) is 5.95 Å². The first kappa shape index (κ1) is 16.2. The number of nitrogens with zero attached hydrogens (tertiary/aromatic N) is 4. The van der Waals surface area contributed by atoms with Gasteiger partial charge in [-0.2, -0.15) is 5.10 Å². The number of para-hydroxylation sites is 2. The number of nitrogens with one attached hydrogen (secondary N) is 1. The van der Waals surface area contributed by atoms with Crippen molar-refractivity contribution in [1.82, 2.24) is 19.7 Å². The number of anilines is 1. The predicted octanol–water partition coefficient (Wildman–Crippen LogP) is 2.14. The summed E-state index contributed by atoms with van der Waals surface area (Å²) < 4.78 is 18.8. The summed E-state index contributed by atoms with van der Waals surface area (Å²) in [6.45, 7) is 0.986. The minimum atomic E-state index is -0.129. The van der Waals surface area contributed by atoms with Crippen LogP contribution in [0.15, 0.2) is 42.7 Å². The SMILES string of the molecule is COc1cnc(NCC2COc3ccccc3O2)nc1-c1ccnn1C. The molecule has 0 fully saturated rings. The second-order valence-electron chi connectivity index (χ2n) is 5.83. The Hall–Kier alpha value is -3.29. The number of methoxy groups -OCH3 is 1. The largest absolute Gasteiger partial charge is 0.493 e. The molecule has 0 saturated heterocycles. The zero-order chi connectivity index (χ0) is 17.9. The number of fused-ring (bicyclic) bond motifs is 1. The lowest BCUT2D eigenvalue weighted by atomic mass is 10.2. The van der Waals surface area contributed by atoms with Gasteiger partial charge in [0, 0.05) is 13.2 Å². The molecule has 8 nitrogen and oxygen atoms in total. The molecule has 1 aliphatic rings. The molecule has 1 aromatic carbocycles. The molecule has 0 bridgehead atoms. The van der Waals surface area contributed by atoms with Gasteiger partial charge < -0.3 is 19.5 Å². The van der Waals surface area contributed by atoms with E-state index in [1.807, 2.05) is 37.4 Å². The van der Waals surface area contributed by atoms with E-state index in [-0.39, 0.29) is 6.10 Å². The number of benzene rings is 1. The van der Waals surface area contributed by atoms with E-state index in [2.05, 4.69) is 20.4 Å². The van der Waals surface area contributed by atoms with E-state index in [0.717, 1.165) is 17.2 Å². The molecule has 0 aliphatic carbocycles. The lowest BCUT2D eigenvalue weighted by molar-refractivity contribution is 0.0996. The van der Waals surface area contributed by atoms with E-state index in [0.29, 0.717) is 30.5 Å². The second-order valence-corrected chi connectivity index (χ2v) is 5.83. The van der Waals surface area contributed by atoms with Crippen molar-refractivity contribution in [3.8, 4) is 28.6 Å². The molecule has 0 saturated carbocycles. The van der Waals surface area contributed by atoms with E-state index in [1.54, 1.807) is 24.2 Å². The minimum absolute atomic E-state index is 0.129. The summed E-state index contributed by atoms with van der Waals surface area (Å²) in [6, 6.07) is 9.51. The van der Waals surface area contributed by atoms with Crippen LogP contribution in [-0.4, -0.2) is 46.1 Å². The Labute approximate surface area is 150 Å². The lowest BCUT2D eigenvalue weighted by Gasteiger charge is -2.26. The first-order chi connectivity index (χ1) is 12.7. The number of aryl methyl sites for hydroxylation is 1. The van der Waals surface area contributed by atoms with Gasteiger partial charge in [-0.1, -0.05) is 12.1 Å². The van der Waals surface area contributed by atoms with Crippen LogP contribution in [0.2, 0.25) is 0 Å². The average molecular weight is 353 g/mol. The summed E-state index contributed by atoms with van der Waals surface area (Å²) in [4.78, 5) is 8.88. The number of hydrogen-bond donors (Lipinski definition) is 1. The standard InChI is InChI=1S/C18H19N5O3/c1-23-13(7-8-21-23)17-16(24-2)10-20-18(22-17)19-9-12-11-25-14-5-3-4-6-15(14)26-12/h3-8,10,12H,9,11H2,1-2H3,(H,19,20,22). The summed E-state index contributed by atoms with van der Waals surface area (Å²) >= 11 is 0. The van der Waals surface area contributed by atoms with Crippen LogP contribution >= 0.6 is 0 Å². The zero-order valence-corrected chi connectivity index (χ0v) is 14.5. The molecule has 0 spiro atoms. The average Bonchev–Trinajstić information content (AvgIpc) is 3.11. The van der Waals surface area contributed by atoms with Crippen molar-refractivity contribution >= 4 is 5.95 Å². The molecule has 1 unspecified atom stereocenters. The van der Waals surface area contributed by atoms with Gasteiger partial charge in [-0.3, -0.25) is 4.68 Å². The molecule has 26 heavy (non-hydrogen) atoms. The fourth-order valence-corrected chi connectivity index (χ4v) is 2.76. The van der Waals surface area contributed by atoms with Gasteiger partial charge in [-0.05, 0) is 18.2 Å². The van der Waals surface area contributed by atoms with Crippen molar-refractivity contribution in [2.75, 3.05) is 25.6 Å². The quantitative estimate of drug-likeness (QED) is 0.752. The molecular formula is C18H19N5O3. The van der Waals surface area contributed by atoms with Crippen LogP contribution in [0.25, 0.3) is 11.4 Å². The Morgan fingerprint density at radius 3 is 2.88 bits per heavy atom. The van der Waals surface area contributed by atoms with Crippen LogP contribution in [0.3, 0.4) is 0 Å². The molecule has 3 aromatic rings. The molecule has 134 valence electrons. The van der Waals surface area contributed by atoms with E-state index in [4.69, 9.17) is 14.2 Å². The fourth-order valence-electron chi connectivity index (χ4n) is 2.76. The highest BCUT2D eigenvalue weighted by atomic mass is 16.6. The highest BCUT2D eigenvalue weighted by Crippen LogP contribution is 2.31. The first-order valence-electron chi connectivity index (χ1n) is 8.26.